The van der Waals surface area contributed by atoms with Crippen LogP contribution in [0.5, 0.6) is 0 Å². The van der Waals surface area contributed by atoms with Crippen molar-refractivity contribution >= 4 is 0 Å². The molecule has 0 bridgehead atoms. The lowest BCUT2D eigenvalue weighted by Gasteiger charge is -2.36. The van der Waals surface area contributed by atoms with Gasteiger partial charge in [0.2, 0.25) is 0 Å². The van der Waals surface area contributed by atoms with E-state index in [2.05, 4.69) is 10.2 Å². The van der Waals surface area contributed by atoms with Gasteiger partial charge in [0, 0.05) is 12.1 Å². The Morgan fingerprint density at radius 3 is 2.56 bits per heavy atom. The van der Waals surface area contributed by atoms with Crippen molar-refractivity contribution in [2.75, 3.05) is 20.1 Å². The molecule has 0 amide bonds. The summed E-state index contributed by atoms with van der Waals surface area (Å²) in [7, 11) is 1.97. The Kier molecular flexibility index (Phi) is 4.55. The van der Waals surface area contributed by atoms with Crippen LogP contribution in [0.15, 0.2) is 0 Å². The molecule has 96 valence electrons. The summed E-state index contributed by atoms with van der Waals surface area (Å²) >= 11 is 0. The van der Waals surface area contributed by atoms with Crippen LogP contribution in [-0.2, 0) is 0 Å². The number of alkyl halides is 4. The highest BCUT2D eigenvalue weighted by Gasteiger charge is 2.41. The summed E-state index contributed by atoms with van der Waals surface area (Å²) in [6, 6.07) is 0.210. The quantitative estimate of drug-likeness (QED) is 0.758. The van der Waals surface area contributed by atoms with Crippen molar-refractivity contribution in [3.8, 4) is 0 Å². The molecular weight excluding hydrogens is 224 g/mol. The van der Waals surface area contributed by atoms with Gasteiger partial charge in [0.25, 0.3) is 0 Å². The number of likely N-dealkylation sites (tertiary alicyclic amines) is 1. The Bertz CT molecular complexity index is 223. The summed E-state index contributed by atoms with van der Waals surface area (Å²) in [4.78, 5) is 2.13. The molecule has 2 nitrogen and oxygen atoms in total. The topological polar surface area (TPSA) is 15.3 Å². The van der Waals surface area contributed by atoms with Crippen LogP contribution in [0.1, 0.15) is 19.8 Å². The summed E-state index contributed by atoms with van der Waals surface area (Å²) in [5, 5.41) is 2.54. The number of rotatable bonds is 4. The Labute approximate surface area is 93.0 Å². The third kappa shape index (κ3) is 3.59. The molecule has 6 heteroatoms. The van der Waals surface area contributed by atoms with E-state index in [9.17, 15) is 17.6 Å². The minimum Gasteiger partial charge on any atom is -0.308 e. The molecular formula is C10H18F4N2. The van der Waals surface area contributed by atoms with Crippen molar-refractivity contribution in [1.82, 2.24) is 10.2 Å². The molecule has 0 aromatic rings. The van der Waals surface area contributed by atoms with E-state index in [0.717, 1.165) is 19.4 Å². The predicted octanol–water partition coefficient (Wildman–Crippen LogP) is 1.96. The molecule has 1 fully saturated rings. The van der Waals surface area contributed by atoms with Gasteiger partial charge in [0.05, 0.1) is 6.54 Å². The monoisotopic (exact) mass is 242 g/mol. The van der Waals surface area contributed by atoms with Crippen LogP contribution in [0, 0.1) is 0 Å². The van der Waals surface area contributed by atoms with Gasteiger partial charge >= 0.3 is 12.3 Å². The fraction of sp³-hybridized carbons (Fsp3) is 1.00. The number of nitrogens with one attached hydrogen (secondary N) is 1. The van der Waals surface area contributed by atoms with Gasteiger partial charge in [0.1, 0.15) is 0 Å². The van der Waals surface area contributed by atoms with E-state index in [1.54, 1.807) is 0 Å². The lowest BCUT2D eigenvalue weighted by Crippen LogP contribution is -2.49. The lowest BCUT2D eigenvalue weighted by atomic mass is 9.99. The van der Waals surface area contributed by atoms with Gasteiger partial charge in [0.15, 0.2) is 0 Å². The van der Waals surface area contributed by atoms with Crippen molar-refractivity contribution in [1.29, 1.82) is 0 Å². The average Bonchev–Trinajstić information content (AvgIpc) is 2.20. The number of halogens is 4. The highest BCUT2D eigenvalue weighted by Crippen LogP contribution is 2.23. The molecule has 1 N–H and O–H groups in total. The molecule has 0 saturated carbocycles. The van der Waals surface area contributed by atoms with E-state index in [1.165, 1.54) is 0 Å². The molecule has 0 aliphatic carbocycles. The summed E-state index contributed by atoms with van der Waals surface area (Å²) in [6.07, 6.45) is -2.15. The minimum atomic E-state index is -3.92. The molecule has 2 unspecified atom stereocenters. The maximum atomic E-state index is 12.7. The van der Waals surface area contributed by atoms with Gasteiger partial charge < -0.3 is 10.2 Å². The highest BCUT2D eigenvalue weighted by molar-refractivity contribution is 4.83. The summed E-state index contributed by atoms with van der Waals surface area (Å²) in [5.41, 5.74) is 0. The Morgan fingerprint density at radius 2 is 2.06 bits per heavy atom. The second-order valence-electron chi connectivity index (χ2n) is 4.49. The average molecular weight is 242 g/mol. The molecule has 1 heterocycles. The lowest BCUT2D eigenvalue weighted by molar-refractivity contribution is -0.126. The Balaban J connectivity index is 2.34. The molecule has 16 heavy (non-hydrogen) atoms. The molecule has 1 aliphatic heterocycles. The van der Waals surface area contributed by atoms with Crippen LogP contribution < -0.4 is 5.32 Å². The minimum absolute atomic E-state index is 0.0872. The van der Waals surface area contributed by atoms with Crippen molar-refractivity contribution < 1.29 is 17.6 Å². The first-order valence-corrected chi connectivity index (χ1v) is 5.42. The van der Waals surface area contributed by atoms with Gasteiger partial charge in [-0.2, -0.15) is 8.78 Å². The number of nitrogens with zero attached hydrogens (tertiary/aromatic N) is 1. The third-order valence-corrected chi connectivity index (χ3v) is 3.15. The molecule has 1 rings (SSSR count). The zero-order valence-electron chi connectivity index (χ0n) is 9.52. The van der Waals surface area contributed by atoms with Gasteiger partial charge in [-0.25, -0.2) is 8.78 Å². The van der Waals surface area contributed by atoms with Crippen LogP contribution in [0.25, 0.3) is 0 Å². The van der Waals surface area contributed by atoms with Crippen molar-refractivity contribution in [3.05, 3.63) is 0 Å². The third-order valence-electron chi connectivity index (χ3n) is 3.15. The Morgan fingerprint density at radius 1 is 1.44 bits per heavy atom. The van der Waals surface area contributed by atoms with Gasteiger partial charge in [-0.15, -0.1) is 0 Å². The highest BCUT2D eigenvalue weighted by atomic mass is 19.3. The van der Waals surface area contributed by atoms with Crippen LogP contribution in [0.4, 0.5) is 17.6 Å². The number of hydrogen-bond donors (Lipinski definition) is 1. The number of hydrogen-bond acceptors (Lipinski definition) is 2. The van der Waals surface area contributed by atoms with Gasteiger partial charge in [-0.1, -0.05) is 0 Å². The van der Waals surface area contributed by atoms with E-state index in [4.69, 9.17) is 0 Å². The van der Waals surface area contributed by atoms with Crippen molar-refractivity contribution in [2.45, 2.75) is 44.2 Å². The standard InChI is InChI=1S/C10H18F4N2/c1-7-5-8(3-4-16(7)2)15-6-10(13,14)9(11)12/h7-9,15H,3-6H2,1-2H3. The van der Waals surface area contributed by atoms with E-state index < -0.39 is 18.9 Å². The fourth-order valence-electron chi connectivity index (χ4n) is 1.83. The first-order chi connectivity index (χ1) is 7.33. The molecule has 0 aromatic carbocycles. The summed E-state index contributed by atoms with van der Waals surface area (Å²) < 4.78 is 49.1. The van der Waals surface area contributed by atoms with E-state index in [0.29, 0.717) is 6.04 Å². The second-order valence-corrected chi connectivity index (χ2v) is 4.49. The van der Waals surface area contributed by atoms with Crippen molar-refractivity contribution in [2.24, 2.45) is 0 Å². The summed E-state index contributed by atoms with van der Waals surface area (Å²) in [5.74, 6) is -3.92. The normalized spacial score (nSPS) is 28.7. The van der Waals surface area contributed by atoms with Crippen LogP contribution >= 0.6 is 0 Å². The molecule has 1 aliphatic rings. The first-order valence-electron chi connectivity index (χ1n) is 5.42. The van der Waals surface area contributed by atoms with Crippen molar-refractivity contribution in [3.63, 3.8) is 0 Å². The molecule has 0 radical (unpaired) electrons. The van der Waals surface area contributed by atoms with Gasteiger partial charge in [-0.3, -0.25) is 0 Å². The molecule has 2 atom stereocenters. The first kappa shape index (κ1) is 13.7. The predicted molar refractivity (Wildman–Crippen MR) is 54.1 cm³/mol. The zero-order valence-corrected chi connectivity index (χ0v) is 9.52. The smallest absolute Gasteiger partial charge is 0.308 e. The molecule has 1 saturated heterocycles. The largest absolute Gasteiger partial charge is 0.319 e. The Hall–Kier alpha value is -0.360. The van der Waals surface area contributed by atoms with E-state index in [1.807, 2.05) is 14.0 Å². The molecule has 0 aromatic heterocycles. The van der Waals surface area contributed by atoms with E-state index >= 15 is 0 Å². The van der Waals surface area contributed by atoms with Crippen LogP contribution in [-0.4, -0.2) is 49.5 Å². The number of piperidine rings is 1. The zero-order chi connectivity index (χ0) is 12.3. The van der Waals surface area contributed by atoms with Gasteiger partial charge in [-0.05, 0) is 33.4 Å². The van der Waals surface area contributed by atoms with Crippen LogP contribution in [0.3, 0.4) is 0 Å². The fourth-order valence-corrected chi connectivity index (χ4v) is 1.83. The SMILES string of the molecule is CC1CC(NCC(F)(F)C(F)F)CCN1C. The second kappa shape index (κ2) is 5.31. The maximum Gasteiger partial charge on any atom is 0.319 e. The van der Waals surface area contributed by atoms with Crippen LogP contribution in [0.2, 0.25) is 0 Å². The summed E-state index contributed by atoms with van der Waals surface area (Å²) in [6.45, 7) is 1.87. The maximum absolute atomic E-state index is 12.7. The molecule has 0 spiro atoms. The van der Waals surface area contributed by atoms with E-state index in [-0.39, 0.29) is 6.04 Å².